The lowest BCUT2D eigenvalue weighted by atomic mass is 9.74. The summed E-state index contributed by atoms with van der Waals surface area (Å²) in [6, 6.07) is 9.24. The summed E-state index contributed by atoms with van der Waals surface area (Å²) >= 11 is 0. The van der Waals surface area contributed by atoms with Gasteiger partial charge in [-0.05, 0) is 36.2 Å². The lowest BCUT2D eigenvalue weighted by molar-refractivity contribution is -0.137. The molecule has 1 aromatic carbocycles. The summed E-state index contributed by atoms with van der Waals surface area (Å²) in [5.41, 5.74) is 1.05. The molecule has 0 spiro atoms. The van der Waals surface area contributed by atoms with E-state index in [1.165, 1.54) is 0 Å². The Kier molecular flexibility index (Phi) is 7.25. The second kappa shape index (κ2) is 9.22. The highest BCUT2D eigenvalue weighted by Crippen LogP contribution is 2.34. The summed E-state index contributed by atoms with van der Waals surface area (Å²) < 4.78 is 0. The number of piperidine rings is 1. The molecule has 0 bridgehead atoms. The van der Waals surface area contributed by atoms with Crippen LogP contribution in [0, 0.1) is 11.3 Å². The van der Waals surface area contributed by atoms with E-state index >= 15 is 0 Å². The summed E-state index contributed by atoms with van der Waals surface area (Å²) in [5, 5.41) is 22.4. The number of urea groups is 1. The van der Waals surface area contributed by atoms with Crippen LogP contribution >= 0.6 is 0 Å². The van der Waals surface area contributed by atoms with Crippen LogP contribution in [-0.2, 0) is 11.2 Å². The average Bonchev–Trinajstić information content (AvgIpc) is 2.59. The van der Waals surface area contributed by atoms with Crippen molar-refractivity contribution < 1.29 is 19.8 Å². The topological polar surface area (TPSA) is 89.9 Å². The van der Waals surface area contributed by atoms with Crippen molar-refractivity contribution >= 4 is 12.0 Å². The molecule has 1 aliphatic rings. The molecule has 1 aliphatic heterocycles. The van der Waals surface area contributed by atoms with Crippen LogP contribution in [0.2, 0.25) is 0 Å². The monoisotopic (exact) mass is 376 g/mol. The number of benzene rings is 1. The summed E-state index contributed by atoms with van der Waals surface area (Å²) in [7, 11) is 0. The highest BCUT2D eigenvalue weighted by Gasteiger charge is 2.37. The minimum Gasteiger partial charge on any atom is -0.481 e. The van der Waals surface area contributed by atoms with Gasteiger partial charge in [0.2, 0.25) is 0 Å². The maximum Gasteiger partial charge on any atom is 0.317 e. The number of amides is 2. The Morgan fingerprint density at radius 3 is 2.48 bits per heavy atom. The first-order chi connectivity index (χ1) is 12.7. The summed E-state index contributed by atoms with van der Waals surface area (Å²) in [4.78, 5) is 25.3. The SMILES string of the molecule is CC(C)(C)C1CCN(C(=O)NC(CCC(=O)O)Cc2ccccc2)CC1O. The summed E-state index contributed by atoms with van der Waals surface area (Å²) in [5.74, 6) is -0.711. The number of carbonyl (C=O) groups excluding carboxylic acids is 1. The van der Waals surface area contributed by atoms with Gasteiger partial charge in [-0.2, -0.15) is 0 Å². The zero-order valence-corrected chi connectivity index (χ0v) is 16.5. The van der Waals surface area contributed by atoms with E-state index in [4.69, 9.17) is 5.11 Å². The standard InChI is InChI=1S/C21H32N2O4/c1-21(2,3)17-11-12-23(14-18(17)24)20(27)22-16(9-10-19(25)26)13-15-7-5-4-6-8-15/h4-8,16-18,24H,9-14H2,1-3H3,(H,22,27)(H,25,26). The van der Waals surface area contributed by atoms with Gasteiger partial charge in [0.1, 0.15) is 0 Å². The number of carboxylic acid groups (broad SMARTS) is 1. The molecular weight excluding hydrogens is 344 g/mol. The number of rotatable bonds is 6. The predicted octanol–water partition coefficient (Wildman–Crippen LogP) is 2.90. The molecule has 3 atom stereocenters. The zero-order chi connectivity index (χ0) is 20.0. The van der Waals surface area contributed by atoms with Gasteiger partial charge < -0.3 is 20.4 Å². The van der Waals surface area contributed by atoms with Crippen LogP contribution in [0.4, 0.5) is 4.79 Å². The molecular formula is C21H32N2O4. The molecule has 27 heavy (non-hydrogen) atoms. The third kappa shape index (κ3) is 6.54. The van der Waals surface area contributed by atoms with Crippen molar-refractivity contribution in [1.82, 2.24) is 10.2 Å². The second-order valence-corrected chi connectivity index (χ2v) is 8.54. The van der Waals surface area contributed by atoms with Gasteiger partial charge in [-0.3, -0.25) is 4.79 Å². The van der Waals surface area contributed by atoms with Gasteiger partial charge in [0.05, 0.1) is 6.10 Å². The molecule has 1 saturated heterocycles. The van der Waals surface area contributed by atoms with Crippen LogP contribution in [0.3, 0.4) is 0 Å². The normalized spacial score (nSPS) is 21.6. The van der Waals surface area contributed by atoms with Gasteiger partial charge in [-0.15, -0.1) is 0 Å². The van der Waals surface area contributed by atoms with E-state index in [1.54, 1.807) is 4.90 Å². The van der Waals surface area contributed by atoms with Crippen LogP contribution < -0.4 is 5.32 Å². The number of nitrogens with one attached hydrogen (secondary N) is 1. The fourth-order valence-corrected chi connectivity index (χ4v) is 3.81. The molecule has 2 amide bonds. The summed E-state index contributed by atoms with van der Waals surface area (Å²) in [6.07, 6.45) is 1.18. The second-order valence-electron chi connectivity index (χ2n) is 8.54. The van der Waals surface area contributed by atoms with Gasteiger partial charge in [0, 0.05) is 25.6 Å². The Morgan fingerprint density at radius 1 is 1.26 bits per heavy atom. The third-order valence-electron chi connectivity index (χ3n) is 5.34. The lowest BCUT2D eigenvalue weighted by Gasteiger charge is -2.42. The van der Waals surface area contributed by atoms with Crippen molar-refractivity contribution in [2.24, 2.45) is 11.3 Å². The lowest BCUT2D eigenvalue weighted by Crippen LogP contribution is -2.54. The van der Waals surface area contributed by atoms with E-state index in [2.05, 4.69) is 26.1 Å². The first-order valence-electron chi connectivity index (χ1n) is 9.66. The Morgan fingerprint density at radius 2 is 1.93 bits per heavy atom. The number of aliphatic hydroxyl groups is 1. The van der Waals surface area contributed by atoms with E-state index in [0.717, 1.165) is 12.0 Å². The number of hydrogen-bond acceptors (Lipinski definition) is 3. The first kappa shape index (κ1) is 21.2. The number of likely N-dealkylation sites (tertiary alicyclic amines) is 1. The smallest absolute Gasteiger partial charge is 0.317 e. The minimum absolute atomic E-state index is 0.000680. The summed E-state index contributed by atoms with van der Waals surface area (Å²) in [6.45, 7) is 7.24. The average molecular weight is 376 g/mol. The van der Waals surface area contributed by atoms with Gasteiger partial charge >= 0.3 is 12.0 Å². The number of carbonyl (C=O) groups is 2. The van der Waals surface area contributed by atoms with Crippen molar-refractivity contribution in [3.05, 3.63) is 35.9 Å². The van der Waals surface area contributed by atoms with E-state index in [-0.39, 0.29) is 29.8 Å². The number of aliphatic hydroxyl groups excluding tert-OH is 1. The molecule has 3 N–H and O–H groups in total. The van der Waals surface area contributed by atoms with Crippen molar-refractivity contribution in [2.45, 2.75) is 58.6 Å². The fraction of sp³-hybridized carbons (Fsp3) is 0.619. The molecule has 0 saturated carbocycles. The van der Waals surface area contributed by atoms with E-state index in [0.29, 0.717) is 25.9 Å². The van der Waals surface area contributed by atoms with Crippen molar-refractivity contribution in [3.8, 4) is 0 Å². The van der Waals surface area contributed by atoms with Crippen molar-refractivity contribution in [1.29, 1.82) is 0 Å². The number of hydrogen-bond donors (Lipinski definition) is 3. The van der Waals surface area contributed by atoms with E-state index in [1.807, 2.05) is 30.3 Å². The van der Waals surface area contributed by atoms with Crippen molar-refractivity contribution in [3.63, 3.8) is 0 Å². The highest BCUT2D eigenvalue weighted by molar-refractivity contribution is 5.75. The first-order valence-corrected chi connectivity index (χ1v) is 9.66. The van der Waals surface area contributed by atoms with Crippen LogP contribution in [-0.4, -0.2) is 52.3 Å². The number of β-amino-alcohol motifs (C(OH)–C–C–N with tert-alkyl or cyclic N) is 1. The Balaban J connectivity index is 1.97. The number of aliphatic carboxylic acids is 1. The molecule has 0 aromatic heterocycles. The molecule has 1 fully saturated rings. The Labute approximate surface area is 161 Å². The quantitative estimate of drug-likeness (QED) is 0.712. The third-order valence-corrected chi connectivity index (χ3v) is 5.34. The molecule has 150 valence electrons. The van der Waals surface area contributed by atoms with Crippen LogP contribution in [0.5, 0.6) is 0 Å². The van der Waals surface area contributed by atoms with E-state index < -0.39 is 12.1 Å². The predicted molar refractivity (Wildman–Crippen MR) is 104 cm³/mol. The molecule has 1 heterocycles. The highest BCUT2D eigenvalue weighted by atomic mass is 16.4. The number of carboxylic acids is 1. The van der Waals surface area contributed by atoms with Crippen LogP contribution in [0.25, 0.3) is 0 Å². The maximum atomic E-state index is 12.7. The molecule has 6 nitrogen and oxygen atoms in total. The van der Waals surface area contributed by atoms with Gasteiger partial charge in [-0.25, -0.2) is 4.79 Å². The fourth-order valence-electron chi connectivity index (χ4n) is 3.81. The Hall–Kier alpha value is -2.08. The largest absolute Gasteiger partial charge is 0.481 e. The molecule has 2 rings (SSSR count). The molecule has 6 heteroatoms. The van der Waals surface area contributed by atoms with Gasteiger partial charge in [0.15, 0.2) is 0 Å². The zero-order valence-electron chi connectivity index (χ0n) is 16.5. The van der Waals surface area contributed by atoms with Gasteiger partial charge in [0.25, 0.3) is 0 Å². The van der Waals surface area contributed by atoms with Crippen molar-refractivity contribution in [2.75, 3.05) is 13.1 Å². The number of nitrogens with zero attached hydrogens (tertiary/aromatic N) is 1. The Bertz CT molecular complexity index is 627. The molecule has 0 radical (unpaired) electrons. The van der Waals surface area contributed by atoms with E-state index in [9.17, 15) is 14.7 Å². The van der Waals surface area contributed by atoms with Crippen LogP contribution in [0.1, 0.15) is 45.6 Å². The molecule has 0 aliphatic carbocycles. The van der Waals surface area contributed by atoms with Gasteiger partial charge in [-0.1, -0.05) is 51.1 Å². The minimum atomic E-state index is -0.872. The maximum absolute atomic E-state index is 12.7. The molecule has 1 aromatic rings. The molecule has 3 unspecified atom stereocenters. The van der Waals surface area contributed by atoms with Crippen LogP contribution in [0.15, 0.2) is 30.3 Å².